The Morgan fingerprint density at radius 1 is 1.59 bits per heavy atom. The van der Waals surface area contributed by atoms with Gasteiger partial charge in [0.1, 0.15) is 5.54 Å². The fourth-order valence-corrected chi connectivity index (χ4v) is 2.96. The average molecular weight is 237 g/mol. The monoisotopic (exact) mass is 237 g/mol. The Morgan fingerprint density at radius 3 is 2.82 bits per heavy atom. The van der Waals surface area contributed by atoms with E-state index in [-0.39, 0.29) is 5.54 Å². The van der Waals surface area contributed by atoms with Crippen LogP contribution in [-0.4, -0.2) is 36.6 Å². The van der Waals surface area contributed by atoms with E-state index in [0.717, 1.165) is 19.3 Å². The zero-order chi connectivity index (χ0) is 12.9. The summed E-state index contributed by atoms with van der Waals surface area (Å²) in [6.45, 7) is 4.53. The molecule has 17 heavy (non-hydrogen) atoms. The molecule has 1 aliphatic rings. The van der Waals surface area contributed by atoms with Crippen LogP contribution < -0.4 is 5.32 Å². The van der Waals surface area contributed by atoms with Gasteiger partial charge in [-0.15, -0.1) is 0 Å². The van der Waals surface area contributed by atoms with Crippen molar-refractivity contribution in [1.29, 1.82) is 5.26 Å². The van der Waals surface area contributed by atoms with Gasteiger partial charge in [0, 0.05) is 12.1 Å². The van der Waals surface area contributed by atoms with Crippen LogP contribution in [0.15, 0.2) is 0 Å². The minimum atomic E-state index is -0.289. The third-order valence-electron chi connectivity index (χ3n) is 4.40. The first-order chi connectivity index (χ1) is 8.08. The molecule has 0 aromatic carbocycles. The molecule has 0 radical (unpaired) electrons. The van der Waals surface area contributed by atoms with Crippen molar-refractivity contribution < 1.29 is 0 Å². The van der Waals surface area contributed by atoms with E-state index in [9.17, 15) is 5.26 Å². The number of hydrogen-bond acceptors (Lipinski definition) is 3. The zero-order valence-electron chi connectivity index (χ0n) is 11.8. The van der Waals surface area contributed by atoms with Gasteiger partial charge in [-0.2, -0.15) is 5.26 Å². The Kier molecular flexibility index (Phi) is 5.42. The molecule has 3 nitrogen and oxygen atoms in total. The van der Waals surface area contributed by atoms with E-state index in [4.69, 9.17) is 0 Å². The van der Waals surface area contributed by atoms with Crippen LogP contribution in [-0.2, 0) is 0 Å². The molecule has 1 aliphatic carbocycles. The molecule has 0 spiro atoms. The lowest BCUT2D eigenvalue weighted by molar-refractivity contribution is 0.110. The lowest BCUT2D eigenvalue weighted by atomic mass is 9.79. The van der Waals surface area contributed by atoms with Crippen molar-refractivity contribution in [2.75, 3.05) is 14.1 Å². The summed E-state index contributed by atoms with van der Waals surface area (Å²) in [6, 6.07) is 3.66. The van der Waals surface area contributed by atoms with Gasteiger partial charge >= 0.3 is 0 Å². The number of rotatable bonds is 5. The van der Waals surface area contributed by atoms with Crippen molar-refractivity contribution in [2.45, 2.75) is 70.0 Å². The average Bonchev–Trinajstić information content (AvgIpc) is 2.38. The van der Waals surface area contributed by atoms with E-state index in [1.165, 1.54) is 19.3 Å². The Bertz CT molecular complexity index is 271. The predicted molar refractivity (Wildman–Crippen MR) is 71.8 cm³/mol. The van der Waals surface area contributed by atoms with Crippen LogP contribution in [0.25, 0.3) is 0 Å². The van der Waals surface area contributed by atoms with E-state index in [1.54, 1.807) is 0 Å². The van der Waals surface area contributed by atoms with Crippen molar-refractivity contribution in [2.24, 2.45) is 0 Å². The summed E-state index contributed by atoms with van der Waals surface area (Å²) in [5.74, 6) is 0. The molecule has 0 aromatic heterocycles. The number of nitriles is 1. The van der Waals surface area contributed by atoms with Crippen LogP contribution >= 0.6 is 0 Å². The van der Waals surface area contributed by atoms with Gasteiger partial charge in [-0.1, -0.05) is 13.3 Å². The van der Waals surface area contributed by atoms with Crippen LogP contribution in [0.2, 0.25) is 0 Å². The standard InChI is InChI=1S/C14H27N3/c1-5-7-12(2)17(4)13-8-6-9-14(10-13,11-15)16-3/h12-13,16H,5-10H2,1-4H3. The quantitative estimate of drug-likeness (QED) is 0.798. The first-order valence-corrected chi connectivity index (χ1v) is 6.90. The third-order valence-corrected chi connectivity index (χ3v) is 4.40. The smallest absolute Gasteiger partial charge is 0.108 e. The molecular weight excluding hydrogens is 210 g/mol. The molecule has 0 bridgehead atoms. The molecule has 98 valence electrons. The van der Waals surface area contributed by atoms with Gasteiger partial charge in [0.05, 0.1) is 6.07 Å². The lowest BCUT2D eigenvalue weighted by Gasteiger charge is -2.42. The number of nitrogens with one attached hydrogen (secondary N) is 1. The van der Waals surface area contributed by atoms with E-state index < -0.39 is 0 Å². The molecule has 3 heteroatoms. The van der Waals surface area contributed by atoms with E-state index >= 15 is 0 Å². The van der Waals surface area contributed by atoms with Crippen LogP contribution in [0.4, 0.5) is 0 Å². The minimum Gasteiger partial charge on any atom is -0.302 e. The third kappa shape index (κ3) is 3.43. The van der Waals surface area contributed by atoms with Crippen molar-refractivity contribution in [3.8, 4) is 6.07 Å². The van der Waals surface area contributed by atoms with Gasteiger partial charge in [-0.05, 0) is 53.1 Å². The molecule has 1 saturated carbocycles. The minimum absolute atomic E-state index is 0.289. The lowest BCUT2D eigenvalue weighted by Crippen LogP contribution is -2.52. The number of nitrogens with zero attached hydrogens (tertiary/aromatic N) is 2. The summed E-state index contributed by atoms with van der Waals surface area (Å²) in [7, 11) is 4.13. The molecule has 0 amide bonds. The second-order valence-electron chi connectivity index (χ2n) is 5.50. The van der Waals surface area contributed by atoms with Crippen LogP contribution in [0, 0.1) is 11.3 Å². The molecule has 1 N–H and O–H groups in total. The highest BCUT2D eigenvalue weighted by Gasteiger charge is 2.37. The van der Waals surface area contributed by atoms with Gasteiger partial charge < -0.3 is 10.2 Å². The SMILES string of the molecule is CCCC(C)N(C)C1CCCC(C#N)(NC)C1. The molecule has 3 atom stereocenters. The summed E-state index contributed by atoms with van der Waals surface area (Å²) in [5, 5.41) is 12.6. The summed E-state index contributed by atoms with van der Waals surface area (Å²) < 4.78 is 0. The zero-order valence-corrected chi connectivity index (χ0v) is 11.8. The fraction of sp³-hybridized carbons (Fsp3) is 0.929. The maximum atomic E-state index is 9.35. The topological polar surface area (TPSA) is 39.1 Å². The largest absolute Gasteiger partial charge is 0.302 e. The van der Waals surface area contributed by atoms with E-state index in [0.29, 0.717) is 12.1 Å². The molecule has 0 aromatic rings. The Hall–Kier alpha value is -0.590. The molecule has 0 aliphatic heterocycles. The maximum absolute atomic E-state index is 9.35. The normalized spacial score (nSPS) is 31.2. The van der Waals surface area contributed by atoms with Crippen molar-refractivity contribution in [1.82, 2.24) is 10.2 Å². The highest BCUT2D eigenvalue weighted by atomic mass is 15.2. The first kappa shape index (κ1) is 14.5. The molecule has 1 rings (SSSR count). The fourth-order valence-electron chi connectivity index (χ4n) is 2.96. The summed E-state index contributed by atoms with van der Waals surface area (Å²) in [4.78, 5) is 2.48. The van der Waals surface area contributed by atoms with Crippen LogP contribution in [0.3, 0.4) is 0 Å². The Balaban J connectivity index is 2.63. The molecule has 0 heterocycles. The van der Waals surface area contributed by atoms with Gasteiger partial charge in [0.25, 0.3) is 0 Å². The van der Waals surface area contributed by atoms with E-state index in [2.05, 4.69) is 37.2 Å². The molecule has 1 fully saturated rings. The highest BCUT2D eigenvalue weighted by molar-refractivity contribution is 5.10. The van der Waals surface area contributed by atoms with E-state index in [1.807, 2.05) is 7.05 Å². The molecule has 3 unspecified atom stereocenters. The maximum Gasteiger partial charge on any atom is 0.108 e. The Morgan fingerprint density at radius 2 is 2.29 bits per heavy atom. The second-order valence-corrected chi connectivity index (χ2v) is 5.50. The Labute approximate surface area is 106 Å². The molecule has 0 saturated heterocycles. The highest BCUT2D eigenvalue weighted by Crippen LogP contribution is 2.31. The number of hydrogen-bond donors (Lipinski definition) is 1. The molecular formula is C14H27N3. The van der Waals surface area contributed by atoms with Crippen molar-refractivity contribution in [3.63, 3.8) is 0 Å². The van der Waals surface area contributed by atoms with Gasteiger partial charge in [-0.25, -0.2) is 0 Å². The first-order valence-electron chi connectivity index (χ1n) is 6.90. The van der Waals surface area contributed by atoms with Gasteiger partial charge in [-0.3, -0.25) is 0 Å². The van der Waals surface area contributed by atoms with Gasteiger partial charge in [0.2, 0.25) is 0 Å². The van der Waals surface area contributed by atoms with Crippen molar-refractivity contribution in [3.05, 3.63) is 0 Å². The summed E-state index contributed by atoms with van der Waals surface area (Å²) >= 11 is 0. The summed E-state index contributed by atoms with van der Waals surface area (Å²) in [5.41, 5.74) is -0.289. The predicted octanol–water partition coefficient (Wildman–Crippen LogP) is 2.53. The second kappa shape index (κ2) is 6.37. The van der Waals surface area contributed by atoms with Gasteiger partial charge in [0.15, 0.2) is 0 Å². The summed E-state index contributed by atoms with van der Waals surface area (Å²) in [6.07, 6.45) is 6.81. The van der Waals surface area contributed by atoms with Crippen LogP contribution in [0.1, 0.15) is 52.4 Å². The van der Waals surface area contributed by atoms with Crippen LogP contribution in [0.5, 0.6) is 0 Å². The van der Waals surface area contributed by atoms with Crippen molar-refractivity contribution >= 4 is 0 Å².